The Morgan fingerprint density at radius 2 is 2.25 bits per heavy atom. The Hall–Kier alpha value is -1.02. The van der Waals surface area contributed by atoms with Gasteiger partial charge in [0.15, 0.2) is 0 Å². The third kappa shape index (κ3) is 4.23. The quantitative estimate of drug-likeness (QED) is 0.758. The van der Waals surface area contributed by atoms with Gasteiger partial charge in [-0.2, -0.15) is 0 Å². The minimum Gasteiger partial charge on any atom is -0.360 e. The second-order valence-electron chi connectivity index (χ2n) is 2.98. The maximum atomic E-state index is 11.5. The van der Waals surface area contributed by atoms with Crippen LogP contribution in [0.15, 0.2) is 0 Å². The van der Waals surface area contributed by atoms with Gasteiger partial charge in [0, 0.05) is 35.9 Å². The van der Waals surface area contributed by atoms with E-state index in [1.807, 2.05) is 6.92 Å². The van der Waals surface area contributed by atoms with E-state index in [4.69, 9.17) is 0 Å². The lowest BCUT2D eigenvalue weighted by Gasteiger charge is -1.99. The van der Waals surface area contributed by atoms with Gasteiger partial charge in [-0.05, 0) is 6.92 Å². The number of amides is 1. The summed E-state index contributed by atoms with van der Waals surface area (Å²) in [5.74, 6) is 0.178. The fourth-order valence-electron chi connectivity index (χ4n) is 0.922. The first kappa shape index (κ1) is 13.0. The van der Waals surface area contributed by atoms with E-state index in [-0.39, 0.29) is 5.91 Å². The summed E-state index contributed by atoms with van der Waals surface area (Å²) < 4.78 is 10.8. The summed E-state index contributed by atoms with van der Waals surface area (Å²) >= 11 is 1.20. The van der Waals surface area contributed by atoms with Gasteiger partial charge in [-0.25, -0.2) is 0 Å². The summed E-state index contributed by atoms with van der Waals surface area (Å²) in [6, 6.07) is 0. The first-order valence-corrected chi connectivity index (χ1v) is 7.33. The van der Waals surface area contributed by atoms with Crippen molar-refractivity contribution >= 4 is 33.2 Å². The number of anilines is 1. The zero-order chi connectivity index (χ0) is 12.0. The fourth-order valence-corrected chi connectivity index (χ4v) is 2.04. The molecule has 1 aromatic heterocycles. The lowest BCUT2D eigenvalue weighted by molar-refractivity contribution is 0.0955. The summed E-state index contributed by atoms with van der Waals surface area (Å²) in [6.07, 6.45) is 1.60. The van der Waals surface area contributed by atoms with Crippen molar-refractivity contribution < 1.29 is 9.00 Å². The first-order chi connectivity index (χ1) is 7.63. The smallest absolute Gasteiger partial charge is 0.282 e. The number of carbonyl (C=O) groups is 1. The molecule has 8 heteroatoms. The lowest BCUT2D eigenvalue weighted by atomic mass is 10.6. The molecule has 1 aromatic rings. The molecule has 1 unspecified atom stereocenters. The van der Waals surface area contributed by atoms with Crippen molar-refractivity contribution in [2.24, 2.45) is 0 Å². The third-order valence-electron chi connectivity index (χ3n) is 1.62. The SMILES string of the molecule is CCNc1nnc(C(=O)NCCS(C)=O)s1. The summed E-state index contributed by atoms with van der Waals surface area (Å²) in [5, 5.41) is 14.1. The van der Waals surface area contributed by atoms with Crippen molar-refractivity contribution in [2.75, 3.05) is 30.4 Å². The Bertz CT molecular complexity index is 380. The molecule has 0 aliphatic rings. The molecule has 0 aliphatic carbocycles. The molecule has 0 saturated heterocycles. The zero-order valence-electron chi connectivity index (χ0n) is 9.15. The van der Waals surface area contributed by atoms with E-state index in [1.54, 1.807) is 6.26 Å². The highest BCUT2D eigenvalue weighted by molar-refractivity contribution is 7.84. The predicted molar refractivity (Wildman–Crippen MR) is 65.3 cm³/mol. The van der Waals surface area contributed by atoms with Crippen molar-refractivity contribution in [3.63, 3.8) is 0 Å². The Kier molecular flexibility index (Phi) is 5.33. The number of hydrogen-bond acceptors (Lipinski definition) is 6. The second kappa shape index (κ2) is 6.54. The van der Waals surface area contributed by atoms with Gasteiger partial charge in [-0.15, -0.1) is 10.2 Å². The topological polar surface area (TPSA) is 84.0 Å². The normalized spacial score (nSPS) is 12.1. The van der Waals surface area contributed by atoms with Crippen LogP contribution in [0.5, 0.6) is 0 Å². The minimum atomic E-state index is -0.896. The van der Waals surface area contributed by atoms with E-state index in [9.17, 15) is 9.00 Å². The average molecular weight is 262 g/mol. The Balaban J connectivity index is 2.43. The third-order valence-corrected chi connectivity index (χ3v) is 3.28. The van der Waals surface area contributed by atoms with E-state index in [1.165, 1.54) is 11.3 Å². The van der Waals surface area contributed by atoms with Crippen molar-refractivity contribution in [1.82, 2.24) is 15.5 Å². The number of rotatable bonds is 6. The molecule has 0 aliphatic heterocycles. The zero-order valence-corrected chi connectivity index (χ0v) is 10.8. The van der Waals surface area contributed by atoms with Crippen molar-refractivity contribution in [2.45, 2.75) is 6.92 Å². The van der Waals surface area contributed by atoms with Crippen LogP contribution >= 0.6 is 11.3 Å². The van der Waals surface area contributed by atoms with Crippen LogP contribution < -0.4 is 10.6 Å². The monoisotopic (exact) mass is 262 g/mol. The van der Waals surface area contributed by atoms with Gasteiger partial charge in [0.1, 0.15) is 0 Å². The minimum absolute atomic E-state index is 0.271. The number of nitrogens with zero attached hydrogens (tertiary/aromatic N) is 2. The van der Waals surface area contributed by atoms with E-state index < -0.39 is 10.8 Å². The molecule has 1 rings (SSSR count). The lowest BCUT2D eigenvalue weighted by Crippen LogP contribution is -2.27. The van der Waals surface area contributed by atoms with Crippen LogP contribution in [-0.2, 0) is 10.8 Å². The Morgan fingerprint density at radius 1 is 1.50 bits per heavy atom. The maximum Gasteiger partial charge on any atom is 0.282 e. The summed E-state index contributed by atoms with van der Waals surface area (Å²) in [4.78, 5) is 11.5. The molecule has 2 N–H and O–H groups in total. The van der Waals surface area contributed by atoms with E-state index in [0.29, 0.717) is 22.4 Å². The van der Waals surface area contributed by atoms with Gasteiger partial charge < -0.3 is 10.6 Å². The van der Waals surface area contributed by atoms with Crippen LogP contribution in [0.1, 0.15) is 16.7 Å². The van der Waals surface area contributed by atoms with Crippen LogP contribution in [0.3, 0.4) is 0 Å². The van der Waals surface area contributed by atoms with Crippen LogP contribution in [0.25, 0.3) is 0 Å². The highest BCUT2D eigenvalue weighted by Crippen LogP contribution is 2.14. The molecule has 16 heavy (non-hydrogen) atoms. The second-order valence-corrected chi connectivity index (χ2v) is 5.51. The molecule has 0 bridgehead atoms. The first-order valence-electron chi connectivity index (χ1n) is 4.79. The summed E-state index contributed by atoms with van der Waals surface area (Å²) in [7, 11) is -0.896. The van der Waals surface area contributed by atoms with Gasteiger partial charge in [-0.1, -0.05) is 11.3 Å². The van der Waals surface area contributed by atoms with Crippen molar-refractivity contribution in [1.29, 1.82) is 0 Å². The number of nitrogens with one attached hydrogen (secondary N) is 2. The highest BCUT2D eigenvalue weighted by atomic mass is 32.2. The van der Waals surface area contributed by atoms with Crippen molar-refractivity contribution in [3.8, 4) is 0 Å². The fraction of sp³-hybridized carbons (Fsp3) is 0.625. The molecule has 1 amide bonds. The van der Waals surface area contributed by atoms with Gasteiger partial charge in [0.25, 0.3) is 5.91 Å². The van der Waals surface area contributed by atoms with Gasteiger partial charge in [-0.3, -0.25) is 9.00 Å². The van der Waals surface area contributed by atoms with Crippen molar-refractivity contribution in [3.05, 3.63) is 5.01 Å². The van der Waals surface area contributed by atoms with Crippen LogP contribution in [0, 0.1) is 0 Å². The van der Waals surface area contributed by atoms with Gasteiger partial charge in [0.2, 0.25) is 10.1 Å². The largest absolute Gasteiger partial charge is 0.360 e. The standard InChI is InChI=1S/C8H14N4O2S2/c1-3-9-8-12-11-7(15-8)6(13)10-4-5-16(2)14/h3-5H2,1-2H3,(H,9,12)(H,10,13). The van der Waals surface area contributed by atoms with Gasteiger partial charge >= 0.3 is 0 Å². The highest BCUT2D eigenvalue weighted by Gasteiger charge is 2.11. The van der Waals surface area contributed by atoms with E-state index in [2.05, 4.69) is 20.8 Å². The Morgan fingerprint density at radius 3 is 2.88 bits per heavy atom. The average Bonchev–Trinajstić information content (AvgIpc) is 2.66. The molecule has 1 heterocycles. The molecular weight excluding hydrogens is 248 g/mol. The molecule has 0 fully saturated rings. The molecule has 0 aromatic carbocycles. The van der Waals surface area contributed by atoms with Crippen LogP contribution in [0.4, 0.5) is 5.13 Å². The number of hydrogen-bond donors (Lipinski definition) is 2. The molecule has 90 valence electrons. The van der Waals surface area contributed by atoms with Gasteiger partial charge in [0.05, 0.1) is 0 Å². The molecule has 0 saturated carbocycles. The molecule has 0 radical (unpaired) electrons. The Labute approximate surface area is 100 Å². The number of aromatic nitrogens is 2. The molecule has 1 atom stereocenters. The summed E-state index contributed by atoms with van der Waals surface area (Å²) in [5.41, 5.74) is 0. The van der Waals surface area contributed by atoms with E-state index in [0.717, 1.165) is 6.54 Å². The molecule has 6 nitrogen and oxygen atoms in total. The van der Waals surface area contributed by atoms with Crippen LogP contribution in [-0.4, -0.2) is 45.4 Å². The van der Waals surface area contributed by atoms with E-state index >= 15 is 0 Å². The maximum absolute atomic E-state index is 11.5. The molecule has 0 spiro atoms. The number of carbonyl (C=O) groups excluding carboxylic acids is 1. The van der Waals surface area contributed by atoms with Crippen LogP contribution in [0.2, 0.25) is 0 Å². The molecular formula is C8H14N4O2S2. The predicted octanol–water partition coefficient (Wildman–Crippen LogP) is 0.0782. The summed E-state index contributed by atoms with van der Waals surface area (Å²) in [6.45, 7) is 3.07.